The number of aryl methyl sites for hydroxylation is 1. The third-order valence-electron chi connectivity index (χ3n) is 5.69. The minimum absolute atomic E-state index is 0.314. The smallest absolute Gasteiger partial charge is 0.222 e. The number of aromatic nitrogens is 2. The lowest BCUT2D eigenvalue weighted by Gasteiger charge is -2.34. The zero-order chi connectivity index (χ0) is 17.9. The molecule has 0 spiro atoms. The second-order valence-corrected chi connectivity index (χ2v) is 7.53. The van der Waals surface area contributed by atoms with Crippen molar-refractivity contribution in [3.63, 3.8) is 0 Å². The standard InChI is InChI=1S/C21H28N4O/c1-2-17-5-7-18(8-6-17)14-23-15-19-9-11-22-25(19)20(16-23)10-13-24-12-3-4-21(24)26/h5-9,11,20H,2-4,10,12-16H2,1H3/t20-/m0/s1. The van der Waals surface area contributed by atoms with Crippen molar-refractivity contribution >= 4 is 5.91 Å². The Morgan fingerprint density at radius 1 is 1.15 bits per heavy atom. The van der Waals surface area contributed by atoms with E-state index >= 15 is 0 Å². The summed E-state index contributed by atoms with van der Waals surface area (Å²) in [7, 11) is 0. The number of carbonyl (C=O) groups excluding carboxylic acids is 1. The minimum Gasteiger partial charge on any atom is -0.343 e. The molecule has 1 aromatic heterocycles. The van der Waals surface area contributed by atoms with E-state index in [4.69, 9.17) is 0 Å². The highest BCUT2D eigenvalue weighted by molar-refractivity contribution is 5.78. The molecule has 2 aromatic rings. The lowest BCUT2D eigenvalue weighted by molar-refractivity contribution is -0.127. The van der Waals surface area contributed by atoms with Crippen LogP contribution in [0.5, 0.6) is 0 Å². The van der Waals surface area contributed by atoms with E-state index in [1.54, 1.807) is 0 Å². The quantitative estimate of drug-likeness (QED) is 0.802. The molecule has 3 heterocycles. The van der Waals surface area contributed by atoms with Gasteiger partial charge in [0.1, 0.15) is 0 Å². The van der Waals surface area contributed by atoms with E-state index in [2.05, 4.69) is 51.9 Å². The van der Waals surface area contributed by atoms with Crippen LogP contribution < -0.4 is 0 Å². The van der Waals surface area contributed by atoms with Crippen molar-refractivity contribution < 1.29 is 4.79 Å². The van der Waals surface area contributed by atoms with Crippen LogP contribution in [0.25, 0.3) is 0 Å². The predicted molar refractivity (Wildman–Crippen MR) is 102 cm³/mol. The van der Waals surface area contributed by atoms with Gasteiger partial charge in [0.25, 0.3) is 0 Å². The molecule has 4 rings (SSSR count). The van der Waals surface area contributed by atoms with E-state index in [-0.39, 0.29) is 0 Å². The van der Waals surface area contributed by atoms with E-state index in [1.165, 1.54) is 16.8 Å². The average Bonchev–Trinajstić information content (AvgIpc) is 3.29. The first kappa shape index (κ1) is 17.3. The van der Waals surface area contributed by atoms with Gasteiger partial charge in [0.15, 0.2) is 0 Å². The minimum atomic E-state index is 0.314. The van der Waals surface area contributed by atoms with Gasteiger partial charge in [-0.3, -0.25) is 14.4 Å². The summed E-state index contributed by atoms with van der Waals surface area (Å²) in [6.45, 7) is 6.86. The van der Waals surface area contributed by atoms with Crippen molar-refractivity contribution in [3.8, 4) is 0 Å². The fourth-order valence-corrected chi connectivity index (χ4v) is 4.18. The Hall–Kier alpha value is -2.14. The molecule has 1 fully saturated rings. The Morgan fingerprint density at radius 3 is 2.69 bits per heavy atom. The van der Waals surface area contributed by atoms with Gasteiger partial charge in [0.2, 0.25) is 5.91 Å². The summed E-state index contributed by atoms with van der Waals surface area (Å²) < 4.78 is 2.18. The topological polar surface area (TPSA) is 41.4 Å². The highest BCUT2D eigenvalue weighted by Crippen LogP contribution is 2.25. The van der Waals surface area contributed by atoms with Gasteiger partial charge in [0, 0.05) is 45.3 Å². The van der Waals surface area contributed by atoms with Gasteiger partial charge in [-0.1, -0.05) is 31.2 Å². The number of rotatable bonds is 6. The van der Waals surface area contributed by atoms with Crippen LogP contribution in [0.1, 0.15) is 49.0 Å². The highest BCUT2D eigenvalue weighted by atomic mass is 16.2. The zero-order valence-electron chi connectivity index (χ0n) is 15.6. The van der Waals surface area contributed by atoms with Crippen LogP contribution >= 0.6 is 0 Å². The molecule has 0 saturated carbocycles. The number of amides is 1. The second kappa shape index (κ2) is 7.62. The van der Waals surface area contributed by atoms with Gasteiger partial charge in [-0.05, 0) is 36.5 Å². The Labute approximate surface area is 155 Å². The van der Waals surface area contributed by atoms with Crippen LogP contribution in [0.15, 0.2) is 36.5 Å². The second-order valence-electron chi connectivity index (χ2n) is 7.53. The number of fused-ring (bicyclic) bond motifs is 1. The Balaban J connectivity index is 1.42. The average molecular weight is 352 g/mol. The molecule has 5 heteroatoms. The molecule has 0 bridgehead atoms. The summed E-state index contributed by atoms with van der Waals surface area (Å²) in [6.07, 6.45) is 5.70. The number of hydrogen-bond donors (Lipinski definition) is 0. The molecule has 2 aliphatic rings. The number of likely N-dealkylation sites (tertiary alicyclic amines) is 1. The fraction of sp³-hybridized carbons (Fsp3) is 0.524. The first-order valence-corrected chi connectivity index (χ1v) is 9.83. The molecule has 2 aliphatic heterocycles. The molecular weight excluding hydrogens is 324 g/mol. The molecule has 1 aromatic carbocycles. The maximum atomic E-state index is 11.9. The molecule has 0 radical (unpaired) electrons. The molecule has 1 atom stereocenters. The summed E-state index contributed by atoms with van der Waals surface area (Å²) in [6, 6.07) is 11.4. The Morgan fingerprint density at radius 2 is 1.96 bits per heavy atom. The van der Waals surface area contributed by atoms with Crippen molar-refractivity contribution in [1.29, 1.82) is 0 Å². The number of carbonyl (C=O) groups is 1. The number of hydrogen-bond acceptors (Lipinski definition) is 3. The van der Waals surface area contributed by atoms with Crippen LogP contribution in [0, 0.1) is 0 Å². The Bertz CT molecular complexity index is 752. The number of benzene rings is 1. The summed E-state index contributed by atoms with van der Waals surface area (Å²) in [5, 5.41) is 4.55. The van der Waals surface area contributed by atoms with Crippen molar-refractivity contribution in [2.75, 3.05) is 19.6 Å². The summed E-state index contributed by atoms with van der Waals surface area (Å²) in [5.74, 6) is 0.314. The van der Waals surface area contributed by atoms with Gasteiger partial charge in [-0.25, -0.2) is 0 Å². The van der Waals surface area contributed by atoms with Gasteiger partial charge in [0.05, 0.1) is 11.7 Å². The Kier molecular flexibility index (Phi) is 5.07. The first-order chi connectivity index (χ1) is 12.7. The highest BCUT2D eigenvalue weighted by Gasteiger charge is 2.27. The van der Waals surface area contributed by atoms with Crippen LogP contribution in [0.4, 0.5) is 0 Å². The summed E-state index contributed by atoms with van der Waals surface area (Å²) in [5.41, 5.74) is 4.03. The van der Waals surface area contributed by atoms with Crippen molar-refractivity contribution in [2.24, 2.45) is 0 Å². The van der Waals surface area contributed by atoms with E-state index in [0.717, 1.165) is 58.4 Å². The molecule has 1 saturated heterocycles. The van der Waals surface area contributed by atoms with Gasteiger partial charge in [-0.2, -0.15) is 5.10 Å². The van der Waals surface area contributed by atoms with Crippen LogP contribution in [-0.4, -0.2) is 45.1 Å². The summed E-state index contributed by atoms with van der Waals surface area (Å²) >= 11 is 0. The SMILES string of the molecule is CCc1ccc(CN2Cc3ccnn3[C@@H](CCN3CCCC3=O)C2)cc1. The third-order valence-corrected chi connectivity index (χ3v) is 5.69. The molecule has 26 heavy (non-hydrogen) atoms. The molecule has 0 N–H and O–H groups in total. The van der Waals surface area contributed by atoms with Gasteiger partial charge in [-0.15, -0.1) is 0 Å². The maximum absolute atomic E-state index is 11.9. The predicted octanol–water partition coefficient (Wildman–Crippen LogP) is 3.01. The molecule has 5 nitrogen and oxygen atoms in total. The first-order valence-electron chi connectivity index (χ1n) is 9.83. The van der Waals surface area contributed by atoms with E-state index in [1.807, 2.05) is 11.1 Å². The van der Waals surface area contributed by atoms with Crippen molar-refractivity contribution in [1.82, 2.24) is 19.6 Å². The largest absolute Gasteiger partial charge is 0.343 e. The van der Waals surface area contributed by atoms with Crippen LogP contribution in [0.3, 0.4) is 0 Å². The van der Waals surface area contributed by atoms with Gasteiger partial charge >= 0.3 is 0 Å². The van der Waals surface area contributed by atoms with E-state index in [9.17, 15) is 4.79 Å². The normalized spacial score (nSPS) is 20.6. The summed E-state index contributed by atoms with van der Waals surface area (Å²) in [4.78, 5) is 16.4. The van der Waals surface area contributed by atoms with E-state index in [0.29, 0.717) is 11.9 Å². The van der Waals surface area contributed by atoms with Crippen molar-refractivity contribution in [3.05, 3.63) is 53.3 Å². The fourth-order valence-electron chi connectivity index (χ4n) is 4.18. The lowest BCUT2D eigenvalue weighted by atomic mass is 10.1. The molecule has 1 amide bonds. The molecule has 138 valence electrons. The lowest BCUT2D eigenvalue weighted by Crippen LogP contribution is -2.39. The molecule has 0 aliphatic carbocycles. The molecular formula is C21H28N4O. The number of nitrogens with zero attached hydrogens (tertiary/aromatic N) is 4. The van der Waals surface area contributed by atoms with Crippen LogP contribution in [-0.2, 0) is 24.3 Å². The zero-order valence-corrected chi connectivity index (χ0v) is 15.6. The monoisotopic (exact) mass is 352 g/mol. The third kappa shape index (κ3) is 3.68. The van der Waals surface area contributed by atoms with Gasteiger partial charge < -0.3 is 4.90 Å². The maximum Gasteiger partial charge on any atom is 0.222 e. The molecule has 0 unspecified atom stereocenters. The van der Waals surface area contributed by atoms with Crippen LogP contribution in [0.2, 0.25) is 0 Å². The van der Waals surface area contributed by atoms with Crippen molar-refractivity contribution in [2.45, 2.75) is 51.7 Å². The van der Waals surface area contributed by atoms with E-state index < -0.39 is 0 Å².